The lowest BCUT2D eigenvalue weighted by atomic mass is 10.1. The summed E-state index contributed by atoms with van der Waals surface area (Å²) in [7, 11) is 0. The molecule has 4 heteroatoms. The van der Waals surface area contributed by atoms with Gasteiger partial charge < -0.3 is 9.87 Å². The lowest BCUT2D eigenvalue weighted by molar-refractivity contribution is -0.110. The second-order valence-corrected chi connectivity index (χ2v) is 6.33. The van der Waals surface area contributed by atoms with Crippen molar-refractivity contribution in [1.29, 1.82) is 0 Å². The van der Waals surface area contributed by atoms with Crippen molar-refractivity contribution < 1.29 is 9.35 Å². The molecule has 1 unspecified atom stereocenters. The average Bonchev–Trinajstić information content (AvgIpc) is 2.78. The van der Waals surface area contributed by atoms with E-state index in [9.17, 15) is 9.35 Å². The van der Waals surface area contributed by atoms with Crippen LogP contribution in [-0.2, 0) is 21.7 Å². The first-order chi connectivity index (χ1) is 10.1. The van der Waals surface area contributed by atoms with Gasteiger partial charge in [0.2, 0.25) is 0 Å². The fourth-order valence-electron chi connectivity index (χ4n) is 2.28. The molecule has 1 aliphatic rings. The van der Waals surface area contributed by atoms with Gasteiger partial charge in [-0.15, -0.1) is 0 Å². The number of hydrogen-bond acceptors (Lipinski definition) is 2. The Hall–Kier alpha value is -2.04. The van der Waals surface area contributed by atoms with Crippen LogP contribution in [0.15, 0.2) is 53.9 Å². The molecule has 0 bridgehead atoms. The summed E-state index contributed by atoms with van der Waals surface area (Å²) < 4.78 is 12.3. The Morgan fingerprint density at radius 3 is 2.62 bits per heavy atom. The third-order valence-corrected chi connectivity index (χ3v) is 4.51. The summed E-state index contributed by atoms with van der Waals surface area (Å²) in [6, 6.07) is 15.4. The molecule has 1 heterocycles. The van der Waals surface area contributed by atoms with E-state index in [1.165, 1.54) is 5.56 Å². The van der Waals surface area contributed by atoms with Crippen LogP contribution in [0.2, 0.25) is 0 Å². The maximum absolute atomic E-state index is 12.3. The highest BCUT2D eigenvalue weighted by Crippen LogP contribution is 2.32. The topological polar surface area (TPSA) is 52.2 Å². The number of aryl methyl sites for hydroxylation is 1. The highest BCUT2D eigenvalue weighted by molar-refractivity contribution is 7.93. The van der Waals surface area contributed by atoms with E-state index in [0.29, 0.717) is 11.3 Å². The molecule has 0 aliphatic carbocycles. The van der Waals surface area contributed by atoms with Crippen LogP contribution in [0.1, 0.15) is 16.7 Å². The lowest BCUT2D eigenvalue weighted by Crippen LogP contribution is -2.07. The molecule has 0 saturated heterocycles. The molecule has 1 aliphatic heterocycles. The van der Waals surface area contributed by atoms with E-state index in [1.54, 1.807) is 5.41 Å². The van der Waals surface area contributed by atoms with Crippen molar-refractivity contribution in [3.63, 3.8) is 0 Å². The Bertz CT molecular complexity index is 707. The second kappa shape index (κ2) is 5.76. The maximum Gasteiger partial charge on any atom is 0.260 e. The minimum atomic E-state index is -1.22. The number of anilines is 1. The summed E-state index contributed by atoms with van der Waals surface area (Å²) >= 11 is -1.22. The number of rotatable bonds is 3. The molecule has 0 spiro atoms. The summed E-state index contributed by atoms with van der Waals surface area (Å²) in [5.41, 5.74) is 4.27. The Kier molecular flexibility index (Phi) is 3.82. The molecule has 3 nitrogen and oxygen atoms in total. The molecule has 0 fully saturated rings. The molecule has 21 heavy (non-hydrogen) atoms. The molecule has 3 rings (SSSR count). The number of para-hydroxylation sites is 1. The van der Waals surface area contributed by atoms with E-state index in [0.717, 1.165) is 16.8 Å². The molecule has 1 amide bonds. The molecular weight excluding hydrogens is 282 g/mol. The van der Waals surface area contributed by atoms with Crippen molar-refractivity contribution in [2.24, 2.45) is 0 Å². The van der Waals surface area contributed by atoms with Crippen molar-refractivity contribution in [3.05, 3.63) is 70.6 Å². The monoisotopic (exact) mass is 297 g/mol. The number of carbonyl (C=O) groups is 1. The van der Waals surface area contributed by atoms with E-state index < -0.39 is 11.2 Å². The lowest BCUT2D eigenvalue weighted by Gasteiger charge is -2.07. The van der Waals surface area contributed by atoms with Crippen LogP contribution in [0.25, 0.3) is 5.57 Å². The van der Waals surface area contributed by atoms with Gasteiger partial charge in [0.05, 0.1) is 5.57 Å². The van der Waals surface area contributed by atoms with Gasteiger partial charge in [-0.1, -0.05) is 48.0 Å². The first-order valence-corrected chi connectivity index (χ1v) is 8.07. The van der Waals surface area contributed by atoms with E-state index in [-0.39, 0.29) is 5.91 Å². The molecule has 0 radical (unpaired) electrons. The van der Waals surface area contributed by atoms with Gasteiger partial charge in [0.1, 0.15) is 11.2 Å². The zero-order valence-corrected chi connectivity index (χ0v) is 12.4. The Morgan fingerprint density at radius 1 is 1.14 bits per heavy atom. The molecule has 2 aromatic carbocycles. The van der Waals surface area contributed by atoms with Crippen molar-refractivity contribution in [1.82, 2.24) is 0 Å². The smallest absolute Gasteiger partial charge is 0.260 e. The molecule has 0 aromatic heterocycles. The normalized spacial score (nSPS) is 16.7. The van der Waals surface area contributed by atoms with Crippen molar-refractivity contribution >= 4 is 28.3 Å². The van der Waals surface area contributed by atoms with Crippen LogP contribution in [0.3, 0.4) is 0 Å². The van der Waals surface area contributed by atoms with Gasteiger partial charge >= 0.3 is 0 Å². The van der Waals surface area contributed by atoms with E-state index in [4.69, 9.17) is 0 Å². The van der Waals surface area contributed by atoms with Gasteiger partial charge in [0.15, 0.2) is 0 Å². The Labute approximate surface area is 126 Å². The fraction of sp³-hybridized carbons (Fsp3) is 0.118. The summed E-state index contributed by atoms with van der Waals surface area (Å²) in [6.07, 6.45) is 0. The first-order valence-electron chi connectivity index (χ1n) is 6.69. The average molecular weight is 297 g/mol. The van der Waals surface area contributed by atoms with Gasteiger partial charge in [-0.25, -0.2) is 0 Å². The van der Waals surface area contributed by atoms with Gasteiger partial charge in [-0.2, -0.15) is 0 Å². The first kappa shape index (κ1) is 13.9. The predicted molar refractivity (Wildman–Crippen MR) is 86.1 cm³/mol. The fourth-order valence-corrected chi connectivity index (χ4v) is 3.38. The quantitative estimate of drug-likeness (QED) is 0.698. The summed E-state index contributed by atoms with van der Waals surface area (Å²) in [4.78, 5) is 11.9. The summed E-state index contributed by atoms with van der Waals surface area (Å²) in [5.74, 6) is 0.229. The van der Waals surface area contributed by atoms with Gasteiger partial charge in [-0.05, 0) is 24.2 Å². The standard InChI is InChI=1S/C17H15NO2S/c1-12-6-8-13(9-7-12)10-21(20)11-15-14-4-2-3-5-16(14)18-17(15)19/h2-9,11H,10H2,1H3,(H,18,19). The van der Waals surface area contributed by atoms with Gasteiger partial charge in [-0.3, -0.25) is 4.79 Å². The van der Waals surface area contributed by atoms with Crippen molar-refractivity contribution in [2.45, 2.75) is 12.7 Å². The van der Waals surface area contributed by atoms with E-state index in [2.05, 4.69) is 5.32 Å². The summed E-state index contributed by atoms with van der Waals surface area (Å²) in [6.45, 7) is 2.02. The molecule has 1 N–H and O–H groups in total. The van der Waals surface area contributed by atoms with Crippen LogP contribution in [-0.4, -0.2) is 10.5 Å². The van der Waals surface area contributed by atoms with Gasteiger partial charge in [0, 0.05) is 16.8 Å². The van der Waals surface area contributed by atoms with Crippen LogP contribution in [0, 0.1) is 6.92 Å². The number of fused-ring (bicyclic) bond motifs is 1. The number of carbonyl (C=O) groups excluding carboxylic acids is 1. The van der Waals surface area contributed by atoms with Crippen LogP contribution >= 0.6 is 0 Å². The SMILES string of the molecule is Cc1ccc(C[S+]([O-])C=C2C(=O)Nc3ccccc32)cc1. The minimum absolute atomic E-state index is 0.187. The third-order valence-electron chi connectivity index (χ3n) is 3.39. The van der Waals surface area contributed by atoms with E-state index >= 15 is 0 Å². The maximum atomic E-state index is 12.3. The van der Waals surface area contributed by atoms with E-state index in [1.807, 2.05) is 55.5 Å². The second-order valence-electron chi connectivity index (χ2n) is 5.04. The minimum Gasteiger partial charge on any atom is -0.612 e. The molecule has 1 atom stereocenters. The Balaban J connectivity index is 1.81. The zero-order chi connectivity index (χ0) is 14.8. The molecule has 0 saturated carbocycles. The van der Waals surface area contributed by atoms with Crippen molar-refractivity contribution in [3.8, 4) is 0 Å². The van der Waals surface area contributed by atoms with Crippen LogP contribution in [0.5, 0.6) is 0 Å². The zero-order valence-electron chi connectivity index (χ0n) is 11.6. The highest BCUT2D eigenvalue weighted by Gasteiger charge is 2.26. The summed E-state index contributed by atoms with van der Waals surface area (Å²) in [5, 5.41) is 4.34. The molecule has 106 valence electrons. The number of amides is 1. The van der Waals surface area contributed by atoms with Gasteiger partial charge in [0.25, 0.3) is 5.91 Å². The van der Waals surface area contributed by atoms with Crippen LogP contribution < -0.4 is 5.32 Å². The Morgan fingerprint density at radius 2 is 1.86 bits per heavy atom. The molecular formula is C17H15NO2S. The number of benzene rings is 2. The number of hydrogen-bond donors (Lipinski definition) is 1. The number of nitrogens with one attached hydrogen (secondary N) is 1. The predicted octanol–water partition coefficient (Wildman–Crippen LogP) is 3.24. The molecule has 2 aromatic rings. The van der Waals surface area contributed by atoms with Crippen molar-refractivity contribution in [2.75, 3.05) is 5.32 Å². The third kappa shape index (κ3) is 3.01. The van der Waals surface area contributed by atoms with Crippen LogP contribution in [0.4, 0.5) is 5.69 Å². The largest absolute Gasteiger partial charge is 0.612 e. The highest BCUT2D eigenvalue weighted by atomic mass is 32.2.